The van der Waals surface area contributed by atoms with Crippen molar-refractivity contribution < 1.29 is 14.4 Å². The molecule has 0 aliphatic carbocycles. The zero-order valence-corrected chi connectivity index (χ0v) is 20.7. The van der Waals surface area contributed by atoms with E-state index in [2.05, 4.69) is 10.3 Å². The Balaban J connectivity index is 1.45. The summed E-state index contributed by atoms with van der Waals surface area (Å²) in [4.78, 5) is 45.3. The van der Waals surface area contributed by atoms with Crippen molar-refractivity contribution in [3.63, 3.8) is 0 Å². The number of nitrogens with one attached hydrogen (secondary N) is 1. The molecule has 2 aliphatic rings. The van der Waals surface area contributed by atoms with Crippen molar-refractivity contribution in [2.45, 2.75) is 43.9 Å². The second-order valence-corrected chi connectivity index (χ2v) is 10.8. The summed E-state index contributed by atoms with van der Waals surface area (Å²) in [6, 6.07) is 5.62. The number of thiazole rings is 1. The normalized spacial score (nSPS) is 19.2. The molecule has 33 heavy (non-hydrogen) atoms. The smallest absolute Gasteiger partial charge is 0.233 e. The van der Waals surface area contributed by atoms with Crippen LogP contribution in [0.5, 0.6) is 0 Å². The van der Waals surface area contributed by atoms with Crippen LogP contribution in [0.4, 0.5) is 5.69 Å². The van der Waals surface area contributed by atoms with Crippen LogP contribution >= 0.6 is 34.5 Å². The maximum atomic E-state index is 13.2. The van der Waals surface area contributed by atoms with Crippen LogP contribution in [0.15, 0.2) is 24.4 Å². The molecule has 176 valence electrons. The van der Waals surface area contributed by atoms with Crippen LogP contribution in [-0.4, -0.2) is 54.3 Å². The first kappa shape index (κ1) is 24.0. The summed E-state index contributed by atoms with van der Waals surface area (Å²) in [5.74, 6) is 0.0433. The summed E-state index contributed by atoms with van der Waals surface area (Å²) in [5, 5.41) is 3.90. The lowest BCUT2D eigenvalue weighted by atomic mass is 9.81. The van der Waals surface area contributed by atoms with Crippen LogP contribution in [0.25, 0.3) is 0 Å². The summed E-state index contributed by atoms with van der Waals surface area (Å²) in [7, 11) is 1.61. The fraction of sp³-hybridized carbons (Fsp3) is 0.478. The summed E-state index contributed by atoms with van der Waals surface area (Å²) in [6.45, 7) is 1.72. The quantitative estimate of drug-likeness (QED) is 0.576. The van der Waals surface area contributed by atoms with Crippen molar-refractivity contribution in [3.8, 4) is 0 Å². The van der Waals surface area contributed by atoms with E-state index in [1.165, 1.54) is 11.3 Å². The topological polar surface area (TPSA) is 82.6 Å². The Hall–Kier alpha value is -2.16. The van der Waals surface area contributed by atoms with Crippen LogP contribution in [0.1, 0.15) is 42.7 Å². The number of carbonyl (C=O) groups excluding carboxylic acids is 3. The van der Waals surface area contributed by atoms with Crippen LogP contribution in [0.3, 0.4) is 0 Å². The van der Waals surface area contributed by atoms with Crippen LogP contribution < -0.4 is 10.2 Å². The molecule has 1 spiro atoms. The third-order valence-corrected chi connectivity index (χ3v) is 7.79. The van der Waals surface area contributed by atoms with E-state index in [4.69, 9.17) is 23.2 Å². The fourth-order valence-corrected chi connectivity index (χ4v) is 5.86. The Kier molecular flexibility index (Phi) is 7.26. The number of hydrogen-bond acceptors (Lipinski definition) is 5. The van der Waals surface area contributed by atoms with Gasteiger partial charge in [0.15, 0.2) is 0 Å². The number of unbranched alkanes of at least 4 members (excludes halogenated alkanes) is 1. The molecule has 1 fully saturated rings. The molecular weight excluding hydrogens is 483 g/mol. The average molecular weight is 509 g/mol. The lowest BCUT2D eigenvalue weighted by Gasteiger charge is -2.26. The van der Waals surface area contributed by atoms with Crippen molar-refractivity contribution in [1.82, 2.24) is 15.2 Å². The minimum atomic E-state index is -0.325. The van der Waals surface area contributed by atoms with Gasteiger partial charge in [-0.2, -0.15) is 0 Å². The van der Waals surface area contributed by atoms with Crippen molar-refractivity contribution in [1.29, 1.82) is 0 Å². The number of benzene rings is 1. The van der Waals surface area contributed by atoms with Gasteiger partial charge >= 0.3 is 0 Å². The molecule has 0 saturated carbocycles. The molecule has 1 N–H and O–H groups in total. The third-order valence-electron chi connectivity index (χ3n) is 6.44. The lowest BCUT2D eigenvalue weighted by Crippen LogP contribution is -2.40. The number of hydrogen-bond donors (Lipinski definition) is 1. The molecule has 3 amide bonds. The number of anilines is 1. The molecule has 0 radical (unpaired) electrons. The third kappa shape index (κ3) is 5.18. The predicted octanol–water partition coefficient (Wildman–Crippen LogP) is 3.82. The Morgan fingerprint density at radius 3 is 2.67 bits per heavy atom. The molecule has 1 atom stereocenters. The van der Waals surface area contributed by atoms with Gasteiger partial charge in [0, 0.05) is 55.6 Å². The van der Waals surface area contributed by atoms with E-state index >= 15 is 0 Å². The second kappa shape index (κ2) is 9.99. The van der Waals surface area contributed by atoms with E-state index in [9.17, 15) is 14.4 Å². The Morgan fingerprint density at radius 1 is 1.15 bits per heavy atom. The van der Waals surface area contributed by atoms with Crippen LogP contribution in [0.2, 0.25) is 9.36 Å². The Bertz CT molecular complexity index is 1080. The van der Waals surface area contributed by atoms with E-state index < -0.39 is 0 Å². The standard InChI is InChI=1S/C23H26Cl2N4O3S/c1-26-19(30)4-2-3-5-21(31)28-9-8-23(13-28)14-29(17-7-6-15(24)10-16(17)23)22(32)11-20-27-12-18(25)33-20/h6-7,10,12H,2-5,8-9,11,13-14H2,1H3,(H,26,30). The molecular formula is C23H26Cl2N4O3S. The second-order valence-electron chi connectivity index (χ2n) is 8.60. The Labute approximate surface area is 207 Å². The van der Waals surface area contributed by atoms with E-state index in [0.717, 1.165) is 17.7 Å². The number of likely N-dealkylation sites (tertiary alicyclic amines) is 1. The van der Waals surface area contributed by atoms with Gasteiger partial charge in [0.25, 0.3) is 0 Å². The summed E-state index contributed by atoms with van der Waals surface area (Å²) < 4.78 is 0.558. The van der Waals surface area contributed by atoms with Gasteiger partial charge in [-0.15, -0.1) is 11.3 Å². The highest BCUT2D eigenvalue weighted by atomic mass is 35.5. The van der Waals surface area contributed by atoms with Crippen molar-refractivity contribution >= 4 is 57.9 Å². The number of nitrogens with zero attached hydrogens (tertiary/aromatic N) is 3. The zero-order valence-electron chi connectivity index (χ0n) is 18.4. The van der Waals surface area contributed by atoms with Gasteiger partial charge in [0.05, 0.1) is 12.6 Å². The lowest BCUT2D eigenvalue weighted by molar-refractivity contribution is -0.130. The number of carbonyl (C=O) groups is 3. The highest BCUT2D eigenvalue weighted by Crippen LogP contribution is 2.47. The molecule has 4 rings (SSSR count). The van der Waals surface area contributed by atoms with Crippen molar-refractivity contribution in [2.75, 3.05) is 31.6 Å². The van der Waals surface area contributed by atoms with E-state index in [1.807, 2.05) is 17.0 Å². The minimum absolute atomic E-state index is 0.00760. The van der Waals surface area contributed by atoms with Gasteiger partial charge in [-0.1, -0.05) is 23.2 Å². The highest BCUT2D eigenvalue weighted by molar-refractivity contribution is 7.15. The van der Waals surface area contributed by atoms with Gasteiger partial charge in [0.1, 0.15) is 9.34 Å². The molecule has 1 saturated heterocycles. The Morgan fingerprint density at radius 2 is 1.94 bits per heavy atom. The first-order valence-corrected chi connectivity index (χ1v) is 12.6. The van der Waals surface area contributed by atoms with E-state index in [1.54, 1.807) is 24.2 Å². The average Bonchev–Trinajstić information content (AvgIpc) is 3.49. The number of fused-ring (bicyclic) bond motifs is 2. The summed E-state index contributed by atoms with van der Waals surface area (Å²) >= 11 is 13.6. The maximum Gasteiger partial charge on any atom is 0.233 e. The van der Waals surface area contributed by atoms with Gasteiger partial charge in [-0.25, -0.2) is 4.98 Å². The monoisotopic (exact) mass is 508 g/mol. The van der Waals surface area contributed by atoms with Gasteiger partial charge in [-0.3, -0.25) is 14.4 Å². The molecule has 2 aromatic rings. The SMILES string of the molecule is CNC(=O)CCCCC(=O)N1CCC2(C1)CN(C(=O)Cc1ncc(Cl)s1)c1ccc(Cl)cc12. The highest BCUT2D eigenvalue weighted by Gasteiger charge is 2.49. The molecule has 7 nitrogen and oxygen atoms in total. The number of rotatable bonds is 7. The zero-order chi connectivity index (χ0) is 23.6. The molecule has 1 aromatic heterocycles. The summed E-state index contributed by atoms with van der Waals surface area (Å²) in [6.07, 6.45) is 4.73. The van der Waals surface area contributed by atoms with Crippen LogP contribution in [-0.2, 0) is 26.2 Å². The van der Waals surface area contributed by atoms with Crippen molar-refractivity contribution in [2.24, 2.45) is 0 Å². The fourth-order valence-electron chi connectivity index (χ4n) is 4.74. The van der Waals surface area contributed by atoms with Crippen molar-refractivity contribution in [3.05, 3.63) is 44.3 Å². The number of aromatic nitrogens is 1. The molecule has 1 unspecified atom stereocenters. The number of halogens is 2. The molecule has 1 aromatic carbocycles. The summed E-state index contributed by atoms with van der Waals surface area (Å²) in [5.41, 5.74) is 1.55. The molecule has 3 heterocycles. The first-order valence-electron chi connectivity index (χ1n) is 11.0. The predicted molar refractivity (Wildman–Crippen MR) is 130 cm³/mol. The van der Waals surface area contributed by atoms with Gasteiger partial charge in [0.2, 0.25) is 17.7 Å². The van der Waals surface area contributed by atoms with Gasteiger partial charge in [-0.05, 0) is 43.0 Å². The van der Waals surface area contributed by atoms with Crippen LogP contribution in [0, 0.1) is 0 Å². The first-order chi connectivity index (χ1) is 15.8. The molecule has 10 heteroatoms. The number of amides is 3. The van der Waals surface area contributed by atoms with E-state index in [-0.39, 0.29) is 29.6 Å². The molecule has 2 aliphatic heterocycles. The molecule has 0 bridgehead atoms. The van der Waals surface area contributed by atoms with E-state index in [0.29, 0.717) is 59.7 Å². The minimum Gasteiger partial charge on any atom is -0.359 e. The maximum absolute atomic E-state index is 13.2. The van der Waals surface area contributed by atoms with Gasteiger partial charge < -0.3 is 15.1 Å². The largest absolute Gasteiger partial charge is 0.359 e.